The third-order valence-electron chi connectivity index (χ3n) is 5.01. The molecular weight excluding hydrogens is 212 g/mol. The molecule has 1 saturated heterocycles. The lowest BCUT2D eigenvalue weighted by atomic mass is 9.75. The molecule has 1 N–H and O–H groups in total. The van der Waals surface area contributed by atoms with Crippen molar-refractivity contribution in [3.63, 3.8) is 0 Å². The van der Waals surface area contributed by atoms with Gasteiger partial charge in [0.15, 0.2) is 0 Å². The van der Waals surface area contributed by atoms with Gasteiger partial charge in [-0.1, -0.05) is 19.3 Å². The van der Waals surface area contributed by atoms with E-state index in [2.05, 4.69) is 10.2 Å². The van der Waals surface area contributed by atoms with Crippen molar-refractivity contribution in [2.45, 2.75) is 57.4 Å². The minimum absolute atomic E-state index is 0.207. The SMILES string of the molecule is O=C(NC1CCC1)N1CCC2CCCCC2C1. The first-order chi connectivity index (χ1) is 8.33. The average molecular weight is 236 g/mol. The Hall–Kier alpha value is -0.730. The van der Waals surface area contributed by atoms with Crippen molar-refractivity contribution in [3.05, 3.63) is 0 Å². The van der Waals surface area contributed by atoms with Crippen LogP contribution in [0.4, 0.5) is 4.79 Å². The normalized spacial score (nSPS) is 33.8. The highest BCUT2D eigenvalue weighted by Crippen LogP contribution is 2.36. The van der Waals surface area contributed by atoms with Crippen molar-refractivity contribution in [2.75, 3.05) is 13.1 Å². The van der Waals surface area contributed by atoms with Crippen molar-refractivity contribution in [3.8, 4) is 0 Å². The monoisotopic (exact) mass is 236 g/mol. The van der Waals surface area contributed by atoms with E-state index < -0.39 is 0 Å². The summed E-state index contributed by atoms with van der Waals surface area (Å²) in [5, 5.41) is 3.17. The Labute approximate surface area is 104 Å². The van der Waals surface area contributed by atoms with Crippen LogP contribution in [0.15, 0.2) is 0 Å². The van der Waals surface area contributed by atoms with Crippen molar-refractivity contribution in [1.82, 2.24) is 10.2 Å². The van der Waals surface area contributed by atoms with Crippen LogP contribution in [0.5, 0.6) is 0 Å². The zero-order valence-corrected chi connectivity index (χ0v) is 10.7. The number of carbonyl (C=O) groups excluding carboxylic acids is 1. The Morgan fingerprint density at radius 2 is 1.71 bits per heavy atom. The van der Waals surface area contributed by atoms with Crippen LogP contribution >= 0.6 is 0 Å². The summed E-state index contributed by atoms with van der Waals surface area (Å²) in [6.45, 7) is 2.00. The molecule has 2 saturated carbocycles. The van der Waals surface area contributed by atoms with E-state index in [4.69, 9.17) is 0 Å². The molecule has 0 radical (unpaired) electrons. The number of likely N-dealkylation sites (tertiary alicyclic amines) is 1. The maximum atomic E-state index is 12.1. The third-order valence-corrected chi connectivity index (χ3v) is 5.01. The number of hydrogen-bond donors (Lipinski definition) is 1. The summed E-state index contributed by atoms with van der Waals surface area (Å²) in [6.07, 6.45) is 10.4. The lowest BCUT2D eigenvalue weighted by Gasteiger charge is -2.42. The second-order valence-electron chi connectivity index (χ2n) is 6.12. The third kappa shape index (κ3) is 2.43. The summed E-state index contributed by atoms with van der Waals surface area (Å²) in [5.74, 6) is 1.71. The summed E-state index contributed by atoms with van der Waals surface area (Å²) >= 11 is 0. The van der Waals surface area contributed by atoms with Gasteiger partial charge in [0.05, 0.1) is 0 Å². The number of piperidine rings is 1. The first-order valence-corrected chi connectivity index (χ1v) is 7.38. The minimum atomic E-state index is 0.207. The Balaban J connectivity index is 1.52. The first-order valence-electron chi connectivity index (χ1n) is 7.38. The highest BCUT2D eigenvalue weighted by Gasteiger charge is 2.33. The van der Waals surface area contributed by atoms with Crippen molar-refractivity contribution >= 4 is 6.03 Å². The summed E-state index contributed by atoms with van der Waals surface area (Å²) in [7, 11) is 0. The van der Waals surface area contributed by atoms with Crippen molar-refractivity contribution in [2.24, 2.45) is 11.8 Å². The summed E-state index contributed by atoms with van der Waals surface area (Å²) in [4.78, 5) is 14.2. The van der Waals surface area contributed by atoms with E-state index in [1.807, 2.05) is 0 Å². The van der Waals surface area contributed by atoms with E-state index in [1.165, 1.54) is 51.4 Å². The van der Waals surface area contributed by atoms with Gasteiger partial charge in [0.25, 0.3) is 0 Å². The van der Waals surface area contributed by atoms with E-state index >= 15 is 0 Å². The molecule has 2 aliphatic carbocycles. The molecule has 3 nitrogen and oxygen atoms in total. The van der Waals surface area contributed by atoms with Crippen molar-refractivity contribution < 1.29 is 4.79 Å². The van der Waals surface area contributed by atoms with Crippen LogP contribution in [-0.4, -0.2) is 30.1 Å². The standard InChI is InChI=1S/C14H24N2O/c17-14(15-13-6-3-7-13)16-9-8-11-4-1-2-5-12(11)10-16/h11-13H,1-10H2,(H,15,17). The summed E-state index contributed by atoms with van der Waals surface area (Å²) in [5.41, 5.74) is 0. The number of amides is 2. The van der Waals surface area contributed by atoms with Gasteiger partial charge in [-0.05, 0) is 43.9 Å². The highest BCUT2D eigenvalue weighted by atomic mass is 16.2. The quantitative estimate of drug-likeness (QED) is 0.746. The smallest absolute Gasteiger partial charge is 0.317 e. The topological polar surface area (TPSA) is 32.3 Å². The fourth-order valence-electron chi connectivity index (χ4n) is 3.60. The van der Waals surface area contributed by atoms with Gasteiger partial charge in [0.2, 0.25) is 0 Å². The molecule has 2 atom stereocenters. The van der Waals surface area contributed by atoms with Crippen LogP contribution < -0.4 is 5.32 Å². The van der Waals surface area contributed by atoms with Gasteiger partial charge in [0.1, 0.15) is 0 Å². The van der Waals surface area contributed by atoms with E-state index in [-0.39, 0.29) is 6.03 Å². The zero-order valence-electron chi connectivity index (χ0n) is 10.7. The Morgan fingerprint density at radius 3 is 2.41 bits per heavy atom. The molecule has 1 heterocycles. The molecule has 2 amide bonds. The van der Waals surface area contributed by atoms with Gasteiger partial charge in [-0.2, -0.15) is 0 Å². The van der Waals surface area contributed by atoms with Crippen molar-refractivity contribution in [1.29, 1.82) is 0 Å². The lowest BCUT2D eigenvalue weighted by Crippen LogP contribution is -2.52. The molecule has 96 valence electrons. The van der Waals surface area contributed by atoms with Crippen LogP contribution in [-0.2, 0) is 0 Å². The van der Waals surface area contributed by atoms with E-state index in [9.17, 15) is 4.79 Å². The molecule has 3 rings (SSSR count). The van der Waals surface area contributed by atoms with Crippen LogP contribution in [0.25, 0.3) is 0 Å². The average Bonchev–Trinajstić information content (AvgIpc) is 2.33. The van der Waals surface area contributed by atoms with Crippen LogP contribution in [0, 0.1) is 11.8 Å². The van der Waals surface area contributed by atoms with Crippen LogP contribution in [0.1, 0.15) is 51.4 Å². The van der Waals surface area contributed by atoms with E-state index in [1.54, 1.807) is 0 Å². The maximum absolute atomic E-state index is 12.1. The molecule has 2 unspecified atom stereocenters. The minimum Gasteiger partial charge on any atom is -0.335 e. The van der Waals surface area contributed by atoms with Gasteiger partial charge in [0, 0.05) is 19.1 Å². The Kier molecular flexibility index (Phi) is 3.26. The number of fused-ring (bicyclic) bond motifs is 1. The van der Waals surface area contributed by atoms with Gasteiger partial charge in [-0.25, -0.2) is 4.79 Å². The van der Waals surface area contributed by atoms with Crippen LogP contribution in [0.3, 0.4) is 0 Å². The second kappa shape index (κ2) is 4.87. The Bertz CT molecular complexity index is 288. The molecule has 3 aliphatic rings. The number of hydrogen-bond acceptors (Lipinski definition) is 1. The molecule has 0 aromatic rings. The number of nitrogens with zero attached hydrogens (tertiary/aromatic N) is 1. The van der Waals surface area contributed by atoms with E-state index in [0.29, 0.717) is 6.04 Å². The van der Waals surface area contributed by atoms with Gasteiger partial charge < -0.3 is 10.2 Å². The van der Waals surface area contributed by atoms with Crippen LogP contribution in [0.2, 0.25) is 0 Å². The molecule has 0 spiro atoms. The van der Waals surface area contributed by atoms with Gasteiger partial charge in [-0.15, -0.1) is 0 Å². The first kappa shape index (κ1) is 11.4. The maximum Gasteiger partial charge on any atom is 0.317 e. The summed E-state index contributed by atoms with van der Waals surface area (Å²) < 4.78 is 0. The molecule has 3 heteroatoms. The molecule has 0 aromatic carbocycles. The number of carbonyl (C=O) groups is 1. The molecule has 0 bridgehead atoms. The zero-order chi connectivity index (χ0) is 11.7. The molecule has 0 aromatic heterocycles. The second-order valence-corrected chi connectivity index (χ2v) is 6.12. The number of rotatable bonds is 1. The molecular formula is C14H24N2O. The summed E-state index contributed by atoms with van der Waals surface area (Å²) in [6, 6.07) is 0.685. The highest BCUT2D eigenvalue weighted by molar-refractivity contribution is 5.74. The number of urea groups is 1. The fourth-order valence-corrected chi connectivity index (χ4v) is 3.60. The molecule has 3 fully saturated rings. The largest absolute Gasteiger partial charge is 0.335 e. The predicted molar refractivity (Wildman–Crippen MR) is 67.8 cm³/mol. The number of nitrogens with one attached hydrogen (secondary N) is 1. The van der Waals surface area contributed by atoms with E-state index in [0.717, 1.165) is 24.9 Å². The Morgan fingerprint density at radius 1 is 0.941 bits per heavy atom. The molecule has 17 heavy (non-hydrogen) atoms. The van der Waals surface area contributed by atoms with Gasteiger partial charge >= 0.3 is 6.03 Å². The molecule has 1 aliphatic heterocycles. The lowest BCUT2D eigenvalue weighted by molar-refractivity contribution is 0.0987. The van der Waals surface area contributed by atoms with Gasteiger partial charge in [-0.3, -0.25) is 0 Å². The predicted octanol–water partition coefficient (Wildman–Crippen LogP) is 2.76. The fraction of sp³-hybridized carbons (Fsp3) is 0.929.